The van der Waals surface area contributed by atoms with Gasteiger partial charge in [0, 0.05) is 12.4 Å². The van der Waals surface area contributed by atoms with E-state index in [0.717, 1.165) is 0 Å². The van der Waals surface area contributed by atoms with Gasteiger partial charge in [-0.1, -0.05) is 15.9 Å². The van der Waals surface area contributed by atoms with Crippen molar-refractivity contribution in [3.8, 4) is 0 Å². The van der Waals surface area contributed by atoms with Crippen LogP contribution in [0.2, 0.25) is 0 Å². The summed E-state index contributed by atoms with van der Waals surface area (Å²) >= 11 is 3.32. The van der Waals surface area contributed by atoms with Gasteiger partial charge in [0.15, 0.2) is 11.2 Å². The molecule has 1 atom stereocenters. The standard InChI is InChI=1S/C8H7BrN4O/c1-4(9)6-12-7-5(8(14)13-6)10-2-3-11-7/h2-4H,1H3,(H,11,12,13,14). The number of halogens is 1. The van der Waals surface area contributed by atoms with Crippen molar-refractivity contribution in [3.05, 3.63) is 28.6 Å². The van der Waals surface area contributed by atoms with Crippen LogP contribution in [-0.4, -0.2) is 19.9 Å². The molecule has 2 aromatic rings. The van der Waals surface area contributed by atoms with Crippen LogP contribution in [0.25, 0.3) is 11.2 Å². The van der Waals surface area contributed by atoms with Crippen molar-refractivity contribution in [1.29, 1.82) is 0 Å². The SMILES string of the molecule is CC(Br)c1nc2nccnc2c(=O)[nH]1. The Hall–Kier alpha value is -1.30. The molecule has 5 nitrogen and oxygen atoms in total. The van der Waals surface area contributed by atoms with E-state index in [0.29, 0.717) is 11.5 Å². The molecule has 0 aliphatic heterocycles. The van der Waals surface area contributed by atoms with Crippen LogP contribution in [0.4, 0.5) is 0 Å². The van der Waals surface area contributed by atoms with Gasteiger partial charge in [0.1, 0.15) is 5.82 Å². The maximum absolute atomic E-state index is 11.5. The molecule has 0 spiro atoms. The highest BCUT2D eigenvalue weighted by Crippen LogP contribution is 2.16. The van der Waals surface area contributed by atoms with Crippen LogP contribution in [0.3, 0.4) is 0 Å². The minimum Gasteiger partial charge on any atom is -0.308 e. The molecule has 0 aliphatic rings. The molecule has 6 heteroatoms. The summed E-state index contributed by atoms with van der Waals surface area (Å²) in [6.07, 6.45) is 2.98. The first-order chi connectivity index (χ1) is 6.68. The molecular formula is C8H7BrN4O. The number of rotatable bonds is 1. The molecule has 2 heterocycles. The zero-order chi connectivity index (χ0) is 10.1. The summed E-state index contributed by atoms with van der Waals surface area (Å²) in [6.45, 7) is 1.88. The maximum atomic E-state index is 11.5. The Bertz CT molecular complexity index is 522. The molecule has 0 radical (unpaired) electrons. The number of aromatic amines is 1. The van der Waals surface area contributed by atoms with Gasteiger partial charge in [-0.3, -0.25) is 4.79 Å². The molecule has 0 amide bonds. The summed E-state index contributed by atoms with van der Waals surface area (Å²) in [5.74, 6) is 0.558. The molecule has 0 aliphatic carbocycles. The second-order valence-corrected chi connectivity index (χ2v) is 4.17. The van der Waals surface area contributed by atoms with Crippen molar-refractivity contribution in [2.24, 2.45) is 0 Å². The van der Waals surface area contributed by atoms with Gasteiger partial charge in [-0.25, -0.2) is 15.0 Å². The largest absolute Gasteiger partial charge is 0.308 e. The summed E-state index contributed by atoms with van der Waals surface area (Å²) in [5.41, 5.74) is 0.381. The third-order valence-electron chi connectivity index (χ3n) is 1.74. The fourth-order valence-electron chi connectivity index (χ4n) is 1.08. The van der Waals surface area contributed by atoms with E-state index in [1.165, 1.54) is 12.4 Å². The van der Waals surface area contributed by atoms with E-state index in [-0.39, 0.29) is 15.9 Å². The smallest absolute Gasteiger partial charge is 0.279 e. The van der Waals surface area contributed by atoms with Gasteiger partial charge >= 0.3 is 0 Å². The van der Waals surface area contributed by atoms with Gasteiger partial charge in [0.05, 0.1) is 4.83 Å². The molecule has 1 N–H and O–H groups in total. The number of aromatic nitrogens is 4. The Kier molecular flexibility index (Phi) is 2.28. The Morgan fingerprint density at radius 1 is 1.43 bits per heavy atom. The third kappa shape index (κ3) is 1.52. The van der Waals surface area contributed by atoms with E-state index >= 15 is 0 Å². The predicted molar refractivity (Wildman–Crippen MR) is 55.3 cm³/mol. The number of hydrogen-bond donors (Lipinski definition) is 1. The van der Waals surface area contributed by atoms with E-state index in [2.05, 4.69) is 35.9 Å². The Labute approximate surface area is 87.8 Å². The molecule has 72 valence electrons. The Morgan fingerprint density at radius 3 is 2.86 bits per heavy atom. The van der Waals surface area contributed by atoms with E-state index in [4.69, 9.17) is 0 Å². The lowest BCUT2D eigenvalue weighted by Gasteiger charge is -2.02. The van der Waals surface area contributed by atoms with Gasteiger partial charge in [-0.15, -0.1) is 0 Å². The highest BCUT2D eigenvalue weighted by atomic mass is 79.9. The molecule has 0 fully saturated rings. The topological polar surface area (TPSA) is 71.5 Å². The van der Waals surface area contributed by atoms with Crippen molar-refractivity contribution in [2.45, 2.75) is 11.8 Å². The average molecular weight is 255 g/mol. The Morgan fingerprint density at radius 2 is 2.14 bits per heavy atom. The fraction of sp³-hybridized carbons (Fsp3) is 0.250. The number of hydrogen-bond acceptors (Lipinski definition) is 4. The van der Waals surface area contributed by atoms with Crippen LogP contribution < -0.4 is 5.56 Å². The highest BCUT2D eigenvalue weighted by Gasteiger charge is 2.08. The Balaban J connectivity index is 2.79. The number of nitrogens with zero attached hydrogens (tertiary/aromatic N) is 3. The first kappa shape index (κ1) is 9.26. The molecule has 1 unspecified atom stereocenters. The normalized spacial score (nSPS) is 13.0. The highest BCUT2D eigenvalue weighted by molar-refractivity contribution is 9.09. The number of nitrogens with one attached hydrogen (secondary N) is 1. The van der Waals surface area contributed by atoms with Gasteiger partial charge < -0.3 is 4.98 Å². The average Bonchev–Trinajstić information content (AvgIpc) is 2.17. The molecule has 2 aromatic heterocycles. The summed E-state index contributed by atoms with van der Waals surface area (Å²) in [7, 11) is 0. The van der Waals surface area contributed by atoms with Crippen LogP contribution in [-0.2, 0) is 0 Å². The molecule has 0 bridgehead atoms. The molecule has 0 aromatic carbocycles. The molecule has 0 saturated heterocycles. The zero-order valence-electron chi connectivity index (χ0n) is 7.36. The second-order valence-electron chi connectivity index (χ2n) is 2.80. The van der Waals surface area contributed by atoms with E-state index in [1.807, 2.05) is 6.92 Å². The quantitative estimate of drug-likeness (QED) is 0.776. The van der Waals surface area contributed by atoms with Gasteiger partial charge in [0.2, 0.25) is 0 Å². The van der Waals surface area contributed by atoms with E-state index in [9.17, 15) is 4.79 Å². The number of alkyl halides is 1. The van der Waals surface area contributed by atoms with Crippen molar-refractivity contribution in [2.75, 3.05) is 0 Å². The lowest BCUT2D eigenvalue weighted by molar-refractivity contribution is 0.923. The second kappa shape index (κ2) is 3.45. The molecule has 0 saturated carbocycles. The van der Waals surface area contributed by atoms with Crippen LogP contribution >= 0.6 is 15.9 Å². The summed E-state index contributed by atoms with van der Waals surface area (Å²) in [4.78, 5) is 26.1. The molecule has 2 rings (SSSR count). The van der Waals surface area contributed by atoms with Crippen LogP contribution in [0.1, 0.15) is 17.6 Å². The third-order valence-corrected chi connectivity index (χ3v) is 2.17. The van der Waals surface area contributed by atoms with Gasteiger partial charge in [-0.05, 0) is 6.92 Å². The summed E-state index contributed by atoms with van der Waals surface area (Å²) < 4.78 is 0. The zero-order valence-corrected chi connectivity index (χ0v) is 8.95. The van der Waals surface area contributed by atoms with Crippen LogP contribution in [0, 0.1) is 0 Å². The van der Waals surface area contributed by atoms with Gasteiger partial charge in [-0.2, -0.15) is 0 Å². The fourth-order valence-corrected chi connectivity index (χ4v) is 1.30. The lowest BCUT2D eigenvalue weighted by Crippen LogP contribution is -2.13. The summed E-state index contributed by atoms with van der Waals surface area (Å²) in [5, 5.41) is 0. The lowest BCUT2D eigenvalue weighted by atomic mass is 10.4. The van der Waals surface area contributed by atoms with Crippen LogP contribution in [0.15, 0.2) is 17.2 Å². The number of H-pyrrole nitrogens is 1. The van der Waals surface area contributed by atoms with Crippen molar-refractivity contribution in [1.82, 2.24) is 19.9 Å². The minimum absolute atomic E-state index is 0.0124. The van der Waals surface area contributed by atoms with E-state index < -0.39 is 0 Å². The summed E-state index contributed by atoms with van der Waals surface area (Å²) in [6, 6.07) is 0. The number of fused-ring (bicyclic) bond motifs is 1. The van der Waals surface area contributed by atoms with Gasteiger partial charge in [0.25, 0.3) is 5.56 Å². The van der Waals surface area contributed by atoms with Crippen molar-refractivity contribution < 1.29 is 0 Å². The van der Waals surface area contributed by atoms with Crippen molar-refractivity contribution >= 4 is 27.1 Å². The maximum Gasteiger partial charge on any atom is 0.279 e. The molecular weight excluding hydrogens is 248 g/mol. The minimum atomic E-state index is -0.260. The van der Waals surface area contributed by atoms with E-state index in [1.54, 1.807) is 0 Å². The predicted octanol–water partition coefficient (Wildman–Crippen LogP) is 1.17. The van der Waals surface area contributed by atoms with Crippen LogP contribution in [0.5, 0.6) is 0 Å². The van der Waals surface area contributed by atoms with Crippen molar-refractivity contribution in [3.63, 3.8) is 0 Å². The molecule has 14 heavy (non-hydrogen) atoms. The first-order valence-corrected chi connectivity index (χ1v) is 4.95. The first-order valence-electron chi connectivity index (χ1n) is 4.03. The monoisotopic (exact) mass is 254 g/mol.